The van der Waals surface area contributed by atoms with Crippen LogP contribution >= 0.6 is 0 Å². The Bertz CT molecular complexity index is 1090. The Kier molecular flexibility index (Phi) is 6.34. The van der Waals surface area contributed by atoms with Gasteiger partial charge in [-0.15, -0.1) is 0 Å². The Balaban J connectivity index is 1.97. The van der Waals surface area contributed by atoms with Crippen LogP contribution in [-0.4, -0.2) is 21.0 Å². The first kappa shape index (κ1) is 20.6. The molecule has 0 aliphatic carbocycles. The lowest BCUT2D eigenvalue weighted by molar-refractivity contribution is 0.0525. The number of hydrogen-bond acceptors (Lipinski definition) is 5. The van der Waals surface area contributed by atoms with Gasteiger partial charge in [-0.05, 0) is 61.9 Å². The number of esters is 1. The molecule has 0 aromatic heterocycles. The van der Waals surface area contributed by atoms with Gasteiger partial charge < -0.3 is 9.47 Å². The van der Waals surface area contributed by atoms with Crippen molar-refractivity contribution in [3.05, 3.63) is 89.5 Å². The molecule has 0 amide bonds. The monoisotopic (exact) mass is 410 g/mol. The predicted octanol–water partition coefficient (Wildman–Crippen LogP) is 4.94. The number of rotatable bonds is 7. The lowest BCUT2D eigenvalue weighted by atomic mass is 10.1. The fraction of sp³-hybridized carbons (Fsp3) is 0.174. The normalized spacial score (nSPS) is 11.1. The van der Waals surface area contributed by atoms with Crippen LogP contribution in [0.3, 0.4) is 0 Å². The van der Waals surface area contributed by atoms with Crippen molar-refractivity contribution < 1.29 is 22.7 Å². The molecular weight excluding hydrogens is 388 g/mol. The number of aryl methyl sites for hydroxylation is 1. The summed E-state index contributed by atoms with van der Waals surface area (Å²) in [6, 6.07) is 20.5. The quantitative estimate of drug-likeness (QED) is 0.516. The van der Waals surface area contributed by atoms with E-state index in [0.29, 0.717) is 17.1 Å². The van der Waals surface area contributed by atoms with Crippen LogP contribution in [-0.2, 0) is 20.3 Å². The molecule has 0 bridgehead atoms. The summed E-state index contributed by atoms with van der Waals surface area (Å²) in [5.74, 6) is 0.158. The number of para-hydroxylation sites is 1. The minimum absolute atomic E-state index is 0.200. The SMILES string of the molecule is CCOC(=O)c1ccc(Oc2ccccc2)cc1CS(=O)(=O)c1ccc(C)cc1. The molecule has 0 spiro atoms. The van der Waals surface area contributed by atoms with Crippen LogP contribution < -0.4 is 4.74 Å². The molecule has 6 heteroatoms. The molecule has 0 heterocycles. The third kappa shape index (κ3) is 5.23. The molecular formula is C23H22O5S. The second kappa shape index (κ2) is 8.92. The van der Waals surface area contributed by atoms with Gasteiger partial charge in [0.05, 0.1) is 22.8 Å². The number of carbonyl (C=O) groups is 1. The highest BCUT2D eigenvalue weighted by atomic mass is 32.2. The molecule has 0 fully saturated rings. The van der Waals surface area contributed by atoms with Crippen molar-refractivity contribution in [2.24, 2.45) is 0 Å². The molecule has 0 radical (unpaired) electrons. The van der Waals surface area contributed by atoms with Crippen LogP contribution in [0.4, 0.5) is 0 Å². The fourth-order valence-electron chi connectivity index (χ4n) is 2.82. The van der Waals surface area contributed by atoms with E-state index in [-0.39, 0.29) is 22.8 Å². The summed E-state index contributed by atoms with van der Waals surface area (Å²) in [7, 11) is -3.65. The molecule has 3 aromatic carbocycles. The fourth-order valence-corrected chi connectivity index (χ4v) is 4.18. The van der Waals surface area contributed by atoms with E-state index in [1.807, 2.05) is 25.1 Å². The van der Waals surface area contributed by atoms with Gasteiger partial charge in [0.15, 0.2) is 9.84 Å². The van der Waals surface area contributed by atoms with E-state index in [4.69, 9.17) is 9.47 Å². The summed E-state index contributed by atoms with van der Waals surface area (Å²) in [5, 5.41) is 0. The van der Waals surface area contributed by atoms with Gasteiger partial charge >= 0.3 is 5.97 Å². The summed E-state index contributed by atoms with van der Waals surface area (Å²) >= 11 is 0. The molecule has 0 saturated carbocycles. The van der Waals surface area contributed by atoms with E-state index in [9.17, 15) is 13.2 Å². The van der Waals surface area contributed by atoms with E-state index in [0.717, 1.165) is 5.56 Å². The molecule has 0 aliphatic rings. The highest BCUT2D eigenvalue weighted by Gasteiger charge is 2.21. The Morgan fingerprint density at radius 2 is 1.59 bits per heavy atom. The topological polar surface area (TPSA) is 69.7 Å². The lowest BCUT2D eigenvalue weighted by Crippen LogP contribution is -2.12. The van der Waals surface area contributed by atoms with Gasteiger partial charge in [-0.25, -0.2) is 13.2 Å². The van der Waals surface area contributed by atoms with Gasteiger partial charge in [0.2, 0.25) is 0 Å². The number of hydrogen-bond donors (Lipinski definition) is 0. The van der Waals surface area contributed by atoms with Crippen molar-refractivity contribution in [1.82, 2.24) is 0 Å². The van der Waals surface area contributed by atoms with Crippen LogP contribution in [0.15, 0.2) is 77.7 Å². The summed E-state index contributed by atoms with van der Waals surface area (Å²) in [6.45, 7) is 3.79. The van der Waals surface area contributed by atoms with Gasteiger partial charge in [0.25, 0.3) is 0 Å². The third-order valence-corrected chi connectivity index (χ3v) is 5.96. The van der Waals surface area contributed by atoms with E-state index >= 15 is 0 Å². The highest BCUT2D eigenvalue weighted by molar-refractivity contribution is 7.90. The summed E-state index contributed by atoms with van der Waals surface area (Å²) in [6.07, 6.45) is 0. The lowest BCUT2D eigenvalue weighted by Gasteiger charge is -2.13. The smallest absolute Gasteiger partial charge is 0.338 e. The van der Waals surface area contributed by atoms with E-state index in [2.05, 4.69) is 0 Å². The zero-order valence-corrected chi connectivity index (χ0v) is 17.1. The average molecular weight is 410 g/mol. The average Bonchev–Trinajstić information content (AvgIpc) is 2.69. The van der Waals surface area contributed by atoms with Crippen molar-refractivity contribution in [3.8, 4) is 11.5 Å². The van der Waals surface area contributed by atoms with Crippen molar-refractivity contribution in [1.29, 1.82) is 0 Å². The van der Waals surface area contributed by atoms with Gasteiger partial charge in [0, 0.05) is 0 Å². The first-order valence-corrected chi connectivity index (χ1v) is 10.9. The molecule has 0 saturated heterocycles. The molecule has 0 aliphatic heterocycles. The van der Waals surface area contributed by atoms with Crippen LogP contribution in [0.2, 0.25) is 0 Å². The third-order valence-electron chi connectivity index (χ3n) is 4.28. The maximum absolute atomic E-state index is 12.9. The molecule has 0 atom stereocenters. The number of carbonyl (C=O) groups excluding carboxylic acids is 1. The Hall–Kier alpha value is -3.12. The minimum atomic E-state index is -3.65. The van der Waals surface area contributed by atoms with E-state index in [1.54, 1.807) is 55.5 Å². The first-order chi connectivity index (χ1) is 13.9. The van der Waals surface area contributed by atoms with Crippen molar-refractivity contribution in [2.75, 3.05) is 6.61 Å². The van der Waals surface area contributed by atoms with Gasteiger partial charge in [0.1, 0.15) is 11.5 Å². The summed E-state index contributed by atoms with van der Waals surface area (Å²) in [4.78, 5) is 12.5. The maximum Gasteiger partial charge on any atom is 0.338 e. The molecule has 3 rings (SSSR count). The first-order valence-electron chi connectivity index (χ1n) is 9.21. The zero-order chi connectivity index (χ0) is 20.9. The maximum atomic E-state index is 12.9. The largest absolute Gasteiger partial charge is 0.462 e. The predicted molar refractivity (Wildman–Crippen MR) is 111 cm³/mol. The van der Waals surface area contributed by atoms with Crippen molar-refractivity contribution in [3.63, 3.8) is 0 Å². The minimum Gasteiger partial charge on any atom is -0.462 e. The van der Waals surface area contributed by atoms with E-state index < -0.39 is 15.8 Å². The molecule has 3 aromatic rings. The summed E-state index contributed by atoms with van der Waals surface area (Å²) in [5.41, 5.74) is 1.51. The zero-order valence-electron chi connectivity index (χ0n) is 16.3. The molecule has 150 valence electrons. The number of ether oxygens (including phenoxy) is 2. The van der Waals surface area contributed by atoms with Gasteiger partial charge in [-0.2, -0.15) is 0 Å². The Morgan fingerprint density at radius 3 is 2.24 bits per heavy atom. The second-order valence-corrected chi connectivity index (χ2v) is 8.52. The molecule has 29 heavy (non-hydrogen) atoms. The Labute approximate surface area is 170 Å². The molecule has 0 unspecified atom stereocenters. The van der Waals surface area contributed by atoms with E-state index in [1.165, 1.54) is 6.07 Å². The van der Waals surface area contributed by atoms with Crippen LogP contribution in [0.25, 0.3) is 0 Å². The van der Waals surface area contributed by atoms with Crippen molar-refractivity contribution >= 4 is 15.8 Å². The second-order valence-electron chi connectivity index (χ2n) is 6.53. The van der Waals surface area contributed by atoms with Gasteiger partial charge in [-0.3, -0.25) is 0 Å². The Morgan fingerprint density at radius 1 is 0.897 bits per heavy atom. The van der Waals surface area contributed by atoms with Crippen LogP contribution in [0.1, 0.15) is 28.4 Å². The standard InChI is InChI=1S/C23H22O5S/c1-3-27-23(24)22-14-11-20(28-19-7-5-4-6-8-19)15-18(22)16-29(25,26)21-12-9-17(2)10-13-21/h4-15H,3,16H2,1-2H3. The molecule has 0 N–H and O–H groups in total. The van der Waals surface area contributed by atoms with Crippen LogP contribution in [0, 0.1) is 6.92 Å². The number of sulfone groups is 1. The number of benzene rings is 3. The van der Waals surface area contributed by atoms with Gasteiger partial charge in [-0.1, -0.05) is 35.9 Å². The molecule has 5 nitrogen and oxygen atoms in total. The highest BCUT2D eigenvalue weighted by Crippen LogP contribution is 2.27. The van der Waals surface area contributed by atoms with Crippen LogP contribution in [0.5, 0.6) is 11.5 Å². The summed E-state index contributed by atoms with van der Waals surface area (Å²) < 4.78 is 36.7. The van der Waals surface area contributed by atoms with Crippen molar-refractivity contribution in [2.45, 2.75) is 24.5 Å².